The number of benzene rings is 1. The third-order valence-electron chi connectivity index (χ3n) is 3.16. The first-order valence-electron chi connectivity index (χ1n) is 6.36. The van der Waals surface area contributed by atoms with E-state index in [0.717, 1.165) is 18.3 Å². The van der Waals surface area contributed by atoms with E-state index in [1.165, 1.54) is 12.0 Å². The van der Waals surface area contributed by atoms with Crippen LogP contribution in [0.4, 0.5) is 0 Å². The maximum Gasteiger partial charge on any atom is 0.191 e. The average molecular weight is 391 g/mol. The van der Waals surface area contributed by atoms with Crippen molar-refractivity contribution in [2.45, 2.75) is 18.4 Å². The zero-order valence-corrected chi connectivity index (χ0v) is 14.6. The van der Waals surface area contributed by atoms with E-state index in [1.807, 2.05) is 18.8 Å². The molecule has 5 heteroatoms. The van der Waals surface area contributed by atoms with Crippen LogP contribution in [0.2, 0.25) is 0 Å². The number of hydrogen-bond donors (Lipinski definition) is 2. The summed E-state index contributed by atoms with van der Waals surface area (Å²) in [6.07, 6.45) is 3.32. The van der Waals surface area contributed by atoms with Crippen LogP contribution in [0, 0.1) is 0 Å². The Balaban J connectivity index is 0.00000180. The van der Waals surface area contributed by atoms with Crippen LogP contribution in [0.25, 0.3) is 0 Å². The molecule has 0 amide bonds. The number of thioether (sulfide) groups is 1. The topological polar surface area (TPSA) is 36.4 Å². The zero-order chi connectivity index (χ0) is 12.8. The van der Waals surface area contributed by atoms with Crippen molar-refractivity contribution in [1.29, 1.82) is 0 Å². The first-order valence-corrected chi connectivity index (χ1v) is 7.75. The monoisotopic (exact) mass is 391 g/mol. The Bertz CT molecular complexity index is 397. The molecule has 2 atom stereocenters. The van der Waals surface area contributed by atoms with Gasteiger partial charge in [-0.1, -0.05) is 30.3 Å². The molecule has 1 saturated carbocycles. The number of rotatable bonds is 5. The lowest BCUT2D eigenvalue weighted by atomic mass is 10.1. The van der Waals surface area contributed by atoms with Crippen LogP contribution in [0.3, 0.4) is 0 Å². The maximum absolute atomic E-state index is 4.25. The molecule has 0 aliphatic heterocycles. The number of halogens is 1. The molecule has 0 spiro atoms. The van der Waals surface area contributed by atoms with Crippen molar-refractivity contribution in [1.82, 2.24) is 10.6 Å². The molecule has 0 saturated heterocycles. The van der Waals surface area contributed by atoms with E-state index in [2.05, 4.69) is 52.2 Å². The normalized spacial score (nSPS) is 21.5. The SMILES string of the molecule is CN=C(NCCSC)NC1CC1c1ccccc1.I. The summed E-state index contributed by atoms with van der Waals surface area (Å²) in [5.74, 6) is 2.67. The Morgan fingerprint density at radius 2 is 2.11 bits per heavy atom. The van der Waals surface area contributed by atoms with Crippen molar-refractivity contribution < 1.29 is 0 Å². The number of nitrogens with one attached hydrogen (secondary N) is 2. The van der Waals surface area contributed by atoms with Gasteiger partial charge in [-0.25, -0.2) is 0 Å². The van der Waals surface area contributed by atoms with Gasteiger partial charge in [-0.3, -0.25) is 4.99 Å². The van der Waals surface area contributed by atoms with Crippen LogP contribution in [0.5, 0.6) is 0 Å². The molecular formula is C14H22IN3S. The highest BCUT2D eigenvalue weighted by Crippen LogP contribution is 2.40. The van der Waals surface area contributed by atoms with Gasteiger partial charge in [-0.05, 0) is 18.2 Å². The lowest BCUT2D eigenvalue weighted by Crippen LogP contribution is -2.40. The molecule has 1 fully saturated rings. The molecule has 1 aromatic rings. The van der Waals surface area contributed by atoms with Crippen LogP contribution in [0.1, 0.15) is 17.9 Å². The standard InChI is InChI=1S/C14H21N3S.HI/c1-15-14(16-8-9-18-2)17-13-10-12(13)11-6-4-3-5-7-11;/h3-7,12-13H,8-10H2,1-2H3,(H2,15,16,17);1H. The molecule has 2 unspecified atom stereocenters. The molecule has 0 bridgehead atoms. The van der Waals surface area contributed by atoms with Gasteiger partial charge in [0, 0.05) is 31.3 Å². The first kappa shape index (κ1) is 16.6. The van der Waals surface area contributed by atoms with Crippen molar-refractivity contribution in [2.24, 2.45) is 4.99 Å². The Labute approximate surface area is 137 Å². The third kappa shape index (κ3) is 5.22. The van der Waals surface area contributed by atoms with Crippen LogP contribution >= 0.6 is 35.7 Å². The van der Waals surface area contributed by atoms with Crippen molar-refractivity contribution in [2.75, 3.05) is 25.6 Å². The van der Waals surface area contributed by atoms with Crippen molar-refractivity contribution in [3.05, 3.63) is 35.9 Å². The summed E-state index contributed by atoms with van der Waals surface area (Å²) >= 11 is 1.84. The highest BCUT2D eigenvalue weighted by atomic mass is 127. The van der Waals surface area contributed by atoms with Crippen molar-refractivity contribution >= 4 is 41.7 Å². The molecule has 3 nitrogen and oxygen atoms in total. The summed E-state index contributed by atoms with van der Waals surface area (Å²) in [5.41, 5.74) is 1.43. The summed E-state index contributed by atoms with van der Waals surface area (Å²) in [6.45, 7) is 0.962. The third-order valence-corrected chi connectivity index (χ3v) is 3.77. The van der Waals surface area contributed by atoms with Crippen LogP contribution in [0.15, 0.2) is 35.3 Å². The fourth-order valence-electron chi connectivity index (χ4n) is 2.06. The highest BCUT2D eigenvalue weighted by molar-refractivity contribution is 14.0. The average Bonchev–Trinajstić information content (AvgIpc) is 3.18. The Morgan fingerprint density at radius 3 is 2.74 bits per heavy atom. The quantitative estimate of drug-likeness (QED) is 0.351. The lowest BCUT2D eigenvalue weighted by molar-refractivity contribution is 0.808. The molecule has 2 N–H and O–H groups in total. The van der Waals surface area contributed by atoms with Gasteiger partial charge in [0.15, 0.2) is 5.96 Å². The molecule has 106 valence electrons. The fraction of sp³-hybridized carbons (Fsp3) is 0.500. The minimum atomic E-state index is 0. The molecule has 2 rings (SSSR count). The Morgan fingerprint density at radius 1 is 1.37 bits per heavy atom. The van der Waals surface area contributed by atoms with Crippen molar-refractivity contribution in [3.63, 3.8) is 0 Å². The van der Waals surface area contributed by atoms with E-state index in [9.17, 15) is 0 Å². The molecule has 0 heterocycles. The molecule has 19 heavy (non-hydrogen) atoms. The van der Waals surface area contributed by atoms with E-state index >= 15 is 0 Å². The molecular weight excluding hydrogens is 369 g/mol. The smallest absolute Gasteiger partial charge is 0.191 e. The van der Waals surface area contributed by atoms with Gasteiger partial charge in [0.1, 0.15) is 0 Å². The van der Waals surface area contributed by atoms with Gasteiger partial charge >= 0.3 is 0 Å². The first-order chi connectivity index (χ1) is 8.85. The molecule has 0 radical (unpaired) electrons. The van der Waals surface area contributed by atoms with Gasteiger partial charge in [0.25, 0.3) is 0 Å². The van der Waals surface area contributed by atoms with E-state index in [4.69, 9.17) is 0 Å². The van der Waals surface area contributed by atoms with E-state index in [-0.39, 0.29) is 24.0 Å². The van der Waals surface area contributed by atoms with E-state index in [0.29, 0.717) is 12.0 Å². The van der Waals surface area contributed by atoms with Gasteiger partial charge in [-0.2, -0.15) is 11.8 Å². The molecule has 0 aromatic heterocycles. The predicted molar refractivity (Wildman–Crippen MR) is 95.9 cm³/mol. The van der Waals surface area contributed by atoms with Crippen LogP contribution < -0.4 is 10.6 Å². The second-order valence-corrected chi connectivity index (χ2v) is 5.48. The molecule has 1 aliphatic carbocycles. The number of hydrogen-bond acceptors (Lipinski definition) is 2. The number of nitrogens with zero attached hydrogens (tertiary/aromatic N) is 1. The number of aliphatic imine (C=N–C) groups is 1. The van der Waals surface area contributed by atoms with E-state index < -0.39 is 0 Å². The predicted octanol–water partition coefficient (Wildman–Crippen LogP) is 2.69. The van der Waals surface area contributed by atoms with Gasteiger partial charge in [0.2, 0.25) is 0 Å². The second-order valence-electron chi connectivity index (χ2n) is 4.50. The van der Waals surface area contributed by atoms with E-state index in [1.54, 1.807) is 0 Å². The van der Waals surface area contributed by atoms with Crippen molar-refractivity contribution in [3.8, 4) is 0 Å². The summed E-state index contributed by atoms with van der Waals surface area (Å²) in [5, 5.41) is 6.81. The maximum atomic E-state index is 4.25. The lowest BCUT2D eigenvalue weighted by Gasteiger charge is -2.11. The summed E-state index contributed by atoms with van der Waals surface area (Å²) < 4.78 is 0. The fourth-order valence-corrected chi connectivity index (χ4v) is 2.37. The van der Waals surface area contributed by atoms with Gasteiger partial charge in [-0.15, -0.1) is 24.0 Å². The van der Waals surface area contributed by atoms with Gasteiger partial charge in [0.05, 0.1) is 0 Å². The van der Waals surface area contributed by atoms with Crippen LogP contribution in [-0.4, -0.2) is 37.6 Å². The summed E-state index contributed by atoms with van der Waals surface area (Å²) in [4.78, 5) is 4.25. The number of guanidine groups is 1. The minimum Gasteiger partial charge on any atom is -0.356 e. The second kappa shape index (κ2) is 8.68. The molecule has 1 aliphatic rings. The van der Waals surface area contributed by atoms with Gasteiger partial charge < -0.3 is 10.6 Å². The molecule has 1 aromatic carbocycles. The summed E-state index contributed by atoms with van der Waals surface area (Å²) in [7, 11) is 1.83. The Kier molecular flexibility index (Phi) is 7.60. The highest BCUT2D eigenvalue weighted by Gasteiger charge is 2.38. The minimum absolute atomic E-state index is 0. The van der Waals surface area contributed by atoms with Crippen LogP contribution in [-0.2, 0) is 0 Å². The summed E-state index contributed by atoms with van der Waals surface area (Å²) in [6, 6.07) is 11.2. The zero-order valence-electron chi connectivity index (χ0n) is 11.4. The Hall–Kier alpha value is -0.430. The largest absolute Gasteiger partial charge is 0.356 e.